The van der Waals surface area contributed by atoms with E-state index in [-0.39, 0.29) is 11.6 Å². The third-order valence-electron chi connectivity index (χ3n) is 3.06. The summed E-state index contributed by atoms with van der Waals surface area (Å²) in [6, 6.07) is 4.63. The molecule has 1 aliphatic rings. The van der Waals surface area contributed by atoms with Gasteiger partial charge in [-0.3, -0.25) is 9.59 Å². The number of esters is 1. The van der Waals surface area contributed by atoms with Gasteiger partial charge in [0.2, 0.25) is 0 Å². The molecule has 1 aliphatic carbocycles. The highest BCUT2D eigenvalue weighted by atomic mass is 19.4. The lowest BCUT2D eigenvalue weighted by Gasteiger charge is -2.16. The summed E-state index contributed by atoms with van der Waals surface area (Å²) in [5.74, 6) is -1.45. The highest BCUT2D eigenvalue weighted by molar-refractivity contribution is 5.96. The van der Waals surface area contributed by atoms with Crippen molar-refractivity contribution < 1.29 is 27.5 Å². The topological polar surface area (TPSA) is 55.4 Å². The van der Waals surface area contributed by atoms with Gasteiger partial charge in [-0.2, -0.15) is 13.2 Å². The largest absolute Gasteiger partial charge is 0.452 e. The number of carbonyl (C=O) groups excluding carboxylic acids is 2. The molecule has 1 amide bonds. The van der Waals surface area contributed by atoms with Gasteiger partial charge >= 0.3 is 12.1 Å². The quantitative estimate of drug-likeness (QED) is 0.870. The van der Waals surface area contributed by atoms with Crippen LogP contribution in [-0.2, 0) is 20.5 Å². The Kier molecular flexibility index (Phi) is 4.20. The Morgan fingerprint density at radius 2 is 1.90 bits per heavy atom. The first-order valence-electron chi connectivity index (χ1n) is 6.46. The molecule has 1 atom stereocenters. The molecule has 21 heavy (non-hydrogen) atoms. The third-order valence-corrected chi connectivity index (χ3v) is 3.06. The van der Waals surface area contributed by atoms with E-state index in [1.807, 2.05) is 0 Å². The molecule has 1 aromatic carbocycles. The van der Waals surface area contributed by atoms with Gasteiger partial charge in [0, 0.05) is 0 Å². The molecule has 7 heteroatoms. The van der Waals surface area contributed by atoms with Crippen molar-refractivity contribution >= 4 is 17.6 Å². The maximum Gasteiger partial charge on any atom is 0.418 e. The van der Waals surface area contributed by atoms with E-state index in [1.54, 1.807) is 0 Å². The van der Waals surface area contributed by atoms with E-state index in [0.717, 1.165) is 25.0 Å². The number of para-hydroxylation sites is 1. The molecule has 0 saturated heterocycles. The summed E-state index contributed by atoms with van der Waals surface area (Å²) >= 11 is 0. The number of hydrogen-bond acceptors (Lipinski definition) is 3. The van der Waals surface area contributed by atoms with Crippen molar-refractivity contribution in [3.8, 4) is 0 Å². The fraction of sp³-hybridized carbons (Fsp3) is 0.429. The molecule has 0 heterocycles. The van der Waals surface area contributed by atoms with E-state index in [9.17, 15) is 22.8 Å². The second-order valence-electron chi connectivity index (χ2n) is 4.89. The summed E-state index contributed by atoms with van der Waals surface area (Å²) in [5, 5.41) is 2.15. The second-order valence-corrected chi connectivity index (χ2v) is 4.89. The highest BCUT2D eigenvalue weighted by Crippen LogP contribution is 2.34. The van der Waals surface area contributed by atoms with Crippen LogP contribution in [0, 0.1) is 5.92 Å². The molecule has 1 saturated carbocycles. The van der Waals surface area contributed by atoms with Gasteiger partial charge in [0.05, 0.1) is 17.2 Å². The Balaban J connectivity index is 2.03. The molecular formula is C14H14F3NO3. The van der Waals surface area contributed by atoms with Crippen molar-refractivity contribution in [1.29, 1.82) is 0 Å². The molecule has 2 rings (SSSR count). The molecule has 0 bridgehead atoms. The van der Waals surface area contributed by atoms with Crippen LogP contribution in [0.15, 0.2) is 24.3 Å². The van der Waals surface area contributed by atoms with E-state index >= 15 is 0 Å². The number of rotatable bonds is 4. The Hall–Kier alpha value is -2.05. The zero-order valence-corrected chi connectivity index (χ0v) is 11.2. The fourth-order valence-electron chi connectivity index (χ4n) is 1.72. The Bertz CT molecular complexity index is 553. The summed E-state index contributed by atoms with van der Waals surface area (Å²) in [7, 11) is 0. The van der Waals surface area contributed by atoms with Crippen molar-refractivity contribution in [2.75, 3.05) is 5.32 Å². The van der Waals surface area contributed by atoms with Crippen LogP contribution in [0.2, 0.25) is 0 Å². The van der Waals surface area contributed by atoms with Crippen LogP contribution in [0.5, 0.6) is 0 Å². The first kappa shape index (κ1) is 15.3. The van der Waals surface area contributed by atoms with Gasteiger partial charge in [-0.25, -0.2) is 0 Å². The van der Waals surface area contributed by atoms with Crippen molar-refractivity contribution in [1.82, 2.24) is 0 Å². The van der Waals surface area contributed by atoms with Gasteiger partial charge < -0.3 is 10.1 Å². The monoisotopic (exact) mass is 301 g/mol. The minimum atomic E-state index is -4.57. The number of ether oxygens (including phenoxy) is 1. The molecule has 0 aromatic heterocycles. The third kappa shape index (κ3) is 3.96. The van der Waals surface area contributed by atoms with Crippen molar-refractivity contribution in [3.63, 3.8) is 0 Å². The van der Waals surface area contributed by atoms with Crippen LogP contribution >= 0.6 is 0 Å². The van der Waals surface area contributed by atoms with E-state index in [4.69, 9.17) is 4.74 Å². The van der Waals surface area contributed by atoms with Gasteiger partial charge in [-0.05, 0) is 31.9 Å². The summed E-state index contributed by atoms with van der Waals surface area (Å²) in [4.78, 5) is 23.2. The zero-order valence-electron chi connectivity index (χ0n) is 11.2. The normalized spacial score (nSPS) is 16.2. The fourth-order valence-corrected chi connectivity index (χ4v) is 1.72. The van der Waals surface area contributed by atoms with E-state index in [1.165, 1.54) is 19.1 Å². The average molecular weight is 301 g/mol. The second kappa shape index (κ2) is 5.75. The molecule has 0 unspecified atom stereocenters. The predicted octanol–water partition coefficient (Wildman–Crippen LogP) is 2.99. The average Bonchev–Trinajstić information content (AvgIpc) is 3.22. The first-order chi connectivity index (χ1) is 9.79. The number of carbonyl (C=O) groups is 2. The lowest BCUT2D eigenvalue weighted by atomic mass is 10.1. The van der Waals surface area contributed by atoms with Gasteiger partial charge in [-0.1, -0.05) is 12.1 Å². The van der Waals surface area contributed by atoms with Crippen LogP contribution in [0.25, 0.3) is 0 Å². The van der Waals surface area contributed by atoms with E-state index in [2.05, 4.69) is 5.32 Å². The highest BCUT2D eigenvalue weighted by Gasteiger charge is 2.35. The van der Waals surface area contributed by atoms with Crippen LogP contribution in [-0.4, -0.2) is 18.0 Å². The molecule has 1 N–H and O–H groups in total. The zero-order chi connectivity index (χ0) is 15.6. The SMILES string of the molecule is C[C@H](OC(=O)C1CC1)C(=O)Nc1ccccc1C(F)(F)F. The molecular weight excluding hydrogens is 287 g/mol. The number of halogens is 3. The Morgan fingerprint density at radius 3 is 2.48 bits per heavy atom. The number of benzene rings is 1. The maximum absolute atomic E-state index is 12.8. The minimum absolute atomic E-state index is 0.178. The maximum atomic E-state index is 12.8. The Labute approximate surface area is 119 Å². The number of amides is 1. The summed E-state index contributed by atoms with van der Waals surface area (Å²) in [6.07, 6.45) is -4.26. The van der Waals surface area contributed by atoms with Gasteiger partial charge in [0.1, 0.15) is 0 Å². The van der Waals surface area contributed by atoms with E-state index in [0.29, 0.717) is 0 Å². The molecule has 0 aliphatic heterocycles. The van der Waals surface area contributed by atoms with Crippen molar-refractivity contribution in [2.24, 2.45) is 5.92 Å². The van der Waals surface area contributed by atoms with Crippen LogP contribution in [0.4, 0.5) is 18.9 Å². The summed E-state index contributed by atoms with van der Waals surface area (Å²) in [5.41, 5.74) is -1.30. The smallest absolute Gasteiger partial charge is 0.418 e. The van der Waals surface area contributed by atoms with Crippen LogP contribution in [0.3, 0.4) is 0 Å². The number of nitrogens with one attached hydrogen (secondary N) is 1. The number of alkyl halides is 3. The van der Waals surface area contributed by atoms with Gasteiger partial charge in [-0.15, -0.1) is 0 Å². The Morgan fingerprint density at radius 1 is 1.29 bits per heavy atom. The van der Waals surface area contributed by atoms with Crippen LogP contribution < -0.4 is 5.32 Å². The van der Waals surface area contributed by atoms with Gasteiger partial charge in [0.25, 0.3) is 5.91 Å². The molecule has 4 nitrogen and oxygen atoms in total. The van der Waals surface area contributed by atoms with Gasteiger partial charge in [0.15, 0.2) is 6.10 Å². The minimum Gasteiger partial charge on any atom is -0.452 e. The molecule has 114 valence electrons. The standard InChI is InChI=1S/C14H14F3NO3/c1-8(21-13(20)9-6-7-9)12(19)18-11-5-3-2-4-10(11)14(15,16)17/h2-5,8-9H,6-7H2,1H3,(H,18,19)/t8-/m0/s1. The van der Waals surface area contributed by atoms with Crippen LogP contribution in [0.1, 0.15) is 25.3 Å². The van der Waals surface area contributed by atoms with Crippen molar-refractivity contribution in [3.05, 3.63) is 29.8 Å². The molecule has 0 radical (unpaired) electrons. The summed E-state index contributed by atoms with van der Waals surface area (Å²) < 4.78 is 43.3. The van der Waals surface area contributed by atoms with Crippen molar-refractivity contribution in [2.45, 2.75) is 32.0 Å². The number of hydrogen-bond donors (Lipinski definition) is 1. The lowest BCUT2D eigenvalue weighted by Crippen LogP contribution is -2.31. The lowest BCUT2D eigenvalue weighted by molar-refractivity contribution is -0.154. The predicted molar refractivity (Wildman–Crippen MR) is 68.4 cm³/mol. The summed E-state index contributed by atoms with van der Waals surface area (Å²) in [6.45, 7) is 1.33. The van der Waals surface area contributed by atoms with E-state index < -0.39 is 29.7 Å². The molecule has 1 aromatic rings. The number of anilines is 1. The first-order valence-corrected chi connectivity index (χ1v) is 6.46. The molecule has 0 spiro atoms. The molecule has 1 fully saturated rings.